The van der Waals surface area contributed by atoms with E-state index in [0.717, 1.165) is 23.9 Å². The van der Waals surface area contributed by atoms with E-state index in [1.54, 1.807) is 6.20 Å². The Bertz CT molecular complexity index is 450. The van der Waals surface area contributed by atoms with Crippen LogP contribution in [-0.2, 0) is 0 Å². The largest absolute Gasteiger partial charge is 0.370 e. The van der Waals surface area contributed by atoms with Crippen molar-refractivity contribution in [2.75, 3.05) is 11.9 Å². The summed E-state index contributed by atoms with van der Waals surface area (Å²) in [6, 6.07) is 2.15. The minimum absolute atomic E-state index is 0.0410. The Balaban J connectivity index is 2.10. The molecule has 2 rings (SSSR count). The van der Waals surface area contributed by atoms with Crippen LogP contribution < -0.4 is 10.6 Å². The molecule has 1 heterocycles. The molecular weight excluding hydrogens is 294 g/mol. The molecule has 0 spiro atoms. The molecule has 1 aliphatic carbocycles. The van der Waals surface area contributed by atoms with Gasteiger partial charge in [0.05, 0.1) is 5.56 Å². The highest BCUT2D eigenvalue weighted by Crippen LogP contribution is 2.33. The molecule has 0 saturated heterocycles. The molecule has 1 aliphatic rings. The summed E-state index contributed by atoms with van der Waals surface area (Å²) in [5, 5.41) is 6.17. The van der Waals surface area contributed by atoms with E-state index in [9.17, 15) is 4.79 Å². The van der Waals surface area contributed by atoms with E-state index in [-0.39, 0.29) is 5.91 Å². The van der Waals surface area contributed by atoms with Crippen molar-refractivity contribution in [2.45, 2.75) is 32.7 Å². The summed E-state index contributed by atoms with van der Waals surface area (Å²) >= 11 is 3.35. The van der Waals surface area contributed by atoms with E-state index < -0.39 is 0 Å². The maximum Gasteiger partial charge on any atom is 0.255 e. The summed E-state index contributed by atoms with van der Waals surface area (Å²) in [5.74, 6) is 1.25. The summed E-state index contributed by atoms with van der Waals surface area (Å²) in [6.45, 7) is 4.89. The molecule has 1 aromatic heterocycles. The van der Waals surface area contributed by atoms with Crippen molar-refractivity contribution in [1.82, 2.24) is 10.3 Å². The van der Waals surface area contributed by atoms with Crippen LogP contribution in [0.2, 0.25) is 0 Å². The summed E-state index contributed by atoms with van der Waals surface area (Å²) in [7, 11) is 0. The molecular formula is C13H18BrN3O. The van der Waals surface area contributed by atoms with Crippen LogP contribution in [0.5, 0.6) is 0 Å². The fourth-order valence-electron chi connectivity index (χ4n) is 2.04. The van der Waals surface area contributed by atoms with E-state index in [1.807, 2.05) is 13.0 Å². The third-order valence-corrected chi connectivity index (χ3v) is 3.64. The Morgan fingerprint density at radius 3 is 2.94 bits per heavy atom. The predicted molar refractivity (Wildman–Crippen MR) is 75.8 cm³/mol. The average Bonchev–Trinajstić information content (AvgIpc) is 3.10. The van der Waals surface area contributed by atoms with Crippen molar-refractivity contribution in [3.8, 4) is 0 Å². The van der Waals surface area contributed by atoms with Crippen molar-refractivity contribution >= 4 is 27.7 Å². The Hall–Kier alpha value is -1.10. The Morgan fingerprint density at radius 2 is 2.33 bits per heavy atom. The summed E-state index contributed by atoms with van der Waals surface area (Å²) in [4.78, 5) is 16.4. The van der Waals surface area contributed by atoms with Gasteiger partial charge in [-0.2, -0.15) is 0 Å². The smallest absolute Gasteiger partial charge is 0.255 e. The zero-order valence-electron chi connectivity index (χ0n) is 10.7. The van der Waals surface area contributed by atoms with Gasteiger partial charge >= 0.3 is 0 Å². The molecule has 4 nitrogen and oxygen atoms in total. The van der Waals surface area contributed by atoms with Crippen LogP contribution >= 0.6 is 15.9 Å². The van der Waals surface area contributed by atoms with E-state index in [2.05, 4.69) is 38.5 Å². The average molecular weight is 312 g/mol. The normalized spacial score (nSPS) is 21.5. The minimum atomic E-state index is -0.0410. The highest BCUT2D eigenvalue weighted by molar-refractivity contribution is 9.10. The molecule has 1 fully saturated rings. The van der Waals surface area contributed by atoms with Gasteiger partial charge in [0.25, 0.3) is 5.91 Å². The number of nitrogens with zero attached hydrogens (tertiary/aromatic N) is 1. The van der Waals surface area contributed by atoms with Crippen LogP contribution in [0, 0.1) is 5.92 Å². The van der Waals surface area contributed by atoms with Crippen LogP contribution in [0.1, 0.15) is 37.0 Å². The number of pyridine rings is 1. The monoisotopic (exact) mass is 311 g/mol. The van der Waals surface area contributed by atoms with Gasteiger partial charge in [-0.15, -0.1) is 0 Å². The maximum absolute atomic E-state index is 12.2. The third kappa shape index (κ3) is 3.02. The molecule has 18 heavy (non-hydrogen) atoms. The lowest BCUT2D eigenvalue weighted by molar-refractivity contribution is 0.0949. The van der Waals surface area contributed by atoms with Gasteiger partial charge in [0, 0.05) is 23.3 Å². The minimum Gasteiger partial charge on any atom is -0.370 e. The number of nitrogens with one attached hydrogen (secondary N) is 2. The summed E-state index contributed by atoms with van der Waals surface area (Å²) in [5.41, 5.74) is 0.605. The highest BCUT2D eigenvalue weighted by atomic mass is 79.9. The van der Waals surface area contributed by atoms with Gasteiger partial charge in [-0.25, -0.2) is 4.98 Å². The lowest BCUT2D eigenvalue weighted by Crippen LogP contribution is -2.28. The number of halogens is 1. The van der Waals surface area contributed by atoms with Crippen molar-refractivity contribution < 1.29 is 4.79 Å². The number of aromatic nitrogens is 1. The predicted octanol–water partition coefficient (Wildman–Crippen LogP) is 2.80. The zero-order valence-corrected chi connectivity index (χ0v) is 12.3. The Morgan fingerprint density at radius 1 is 1.56 bits per heavy atom. The first-order valence-electron chi connectivity index (χ1n) is 6.36. The van der Waals surface area contributed by atoms with Crippen LogP contribution in [0.15, 0.2) is 16.7 Å². The molecule has 2 N–H and O–H groups in total. The van der Waals surface area contributed by atoms with Crippen LogP contribution in [0.25, 0.3) is 0 Å². The van der Waals surface area contributed by atoms with Gasteiger partial charge in [0.15, 0.2) is 0 Å². The van der Waals surface area contributed by atoms with Crippen LogP contribution in [-0.4, -0.2) is 23.5 Å². The zero-order chi connectivity index (χ0) is 13.1. The molecule has 0 aliphatic heterocycles. The summed E-state index contributed by atoms with van der Waals surface area (Å²) in [6.07, 6.45) is 3.92. The van der Waals surface area contributed by atoms with Gasteiger partial charge in [-0.3, -0.25) is 4.79 Å². The van der Waals surface area contributed by atoms with Crippen molar-refractivity contribution in [1.29, 1.82) is 0 Å². The molecule has 2 unspecified atom stereocenters. The second kappa shape index (κ2) is 5.69. The first kappa shape index (κ1) is 13.3. The van der Waals surface area contributed by atoms with Crippen molar-refractivity contribution in [3.05, 3.63) is 22.3 Å². The molecule has 0 aromatic carbocycles. The number of carbonyl (C=O) groups excluding carboxylic acids is 1. The van der Waals surface area contributed by atoms with Gasteiger partial charge in [0.2, 0.25) is 0 Å². The van der Waals surface area contributed by atoms with Crippen LogP contribution in [0.3, 0.4) is 0 Å². The number of anilines is 1. The third-order valence-electron chi connectivity index (χ3n) is 3.21. The molecule has 5 heteroatoms. The first-order valence-corrected chi connectivity index (χ1v) is 7.15. The standard InChI is InChI=1S/C13H18BrN3O/c1-3-8-5-11(8)17-13(18)10-6-9(14)7-16-12(10)15-4-2/h6-8,11H,3-5H2,1-2H3,(H,15,16)(H,17,18). The van der Waals surface area contributed by atoms with Gasteiger partial charge in [-0.1, -0.05) is 13.3 Å². The second-order valence-corrected chi connectivity index (χ2v) is 5.48. The molecule has 0 radical (unpaired) electrons. The van der Waals surface area contributed by atoms with E-state index in [0.29, 0.717) is 23.3 Å². The van der Waals surface area contributed by atoms with Gasteiger partial charge in [-0.05, 0) is 41.3 Å². The molecule has 0 bridgehead atoms. The van der Waals surface area contributed by atoms with Crippen LogP contribution in [0.4, 0.5) is 5.82 Å². The molecule has 2 atom stereocenters. The van der Waals surface area contributed by atoms with Gasteiger partial charge < -0.3 is 10.6 Å². The molecule has 1 aromatic rings. The Kier molecular flexibility index (Phi) is 4.22. The summed E-state index contributed by atoms with van der Waals surface area (Å²) < 4.78 is 0.817. The number of rotatable bonds is 5. The van der Waals surface area contributed by atoms with Gasteiger partial charge in [0.1, 0.15) is 5.82 Å². The number of hydrogen-bond donors (Lipinski definition) is 2. The number of hydrogen-bond acceptors (Lipinski definition) is 3. The number of carbonyl (C=O) groups is 1. The highest BCUT2D eigenvalue weighted by Gasteiger charge is 2.36. The van der Waals surface area contributed by atoms with E-state index in [4.69, 9.17) is 0 Å². The number of amides is 1. The molecule has 1 saturated carbocycles. The van der Waals surface area contributed by atoms with E-state index in [1.165, 1.54) is 0 Å². The lowest BCUT2D eigenvalue weighted by atomic mass is 10.2. The van der Waals surface area contributed by atoms with Crippen molar-refractivity contribution in [2.24, 2.45) is 5.92 Å². The van der Waals surface area contributed by atoms with Crippen molar-refractivity contribution in [3.63, 3.8) is 0 Å². The second-order valence-electron chi connectivity index (χ2n) is 4.56. The van der Waals surface area contributed by atoms with E-state index >= 15 is 0 Å². The fraction of sp³-hybridized carbons (Fsp3) is 0.538. The topological polar surface area (TPSA) is 54.0 Å². The first-order chi connectivity index (χ1) is 8.65. The lowest BCUT2D eigenvalue weighted by Gasteiger charge is -2.10. The fourth-order valence-corrected chi connectivity index (χ4v) is 2.37. The SMILES string of the molecule is CCNc1ncc(Br)cc1C(=O)NC1CC1CC. The molecule has 1 amide bonds. The Labute approximate surface area is 116 Å². The quantitative estimate of drug-likeness (QED) is 0.879. The maximum atomic E-state index is 12.2. The molecule has 98 valence electrons.